The fourth-order valence-corrected chi connectivity index (χ4v) is 3.36. The Morgan fingerprint density at radius 1 is 1.29 bits per heavy atom. The molecule has 2 aromatic heterocycles. The molecule has 5 heteroatoms. The van der Waals surface area contributed by atoms with Gasteiger partial charge in [0.2, 0.25) is 0 Å². The number of aromatic amines is 1. The van der Waals surface area contributed by atoms with Crippen LogP contribution in [0.25, 0.3) is 10.9 Å². The van der Waals surface area contributed by atoms with E-state index >= 15 is 0 Å². The van der Waals surface area contributed by atoms with Crippen LogP contribution in [0, 0.1) is 6.92 Å². The van der Waals surface area contributed by atoms with Crippen LogP contribution < -0.4 is 5.32 Å². The number of rotatable bonds is 5. The Morgan fingerprint density at radius 2 is 2.14 bits per heavy atom. The molecule has 0 saturated heterocycles. The van der Waals surface area contributed by atoms with Crippen LogP contribution in [0.3, 0.4) is 0 Å². The molecular weight excluding hydrogens is 323 g/mol. The van der Waals surface area contributed by atoms with Crippen LogP contribution in [0.4, 0.5) is 0 Å². The maximum Gasteiger partial charge on any atom is 0.0459 e. The molecule has 0 radical (unpaired) electrons. The van der Waals surface area contributed by atoms with Gasteiger partial charge in [0, 0.05) is 33.0 Å². The lowest BCUT2D eigenvalue weighted by molar-refractivity contribution is 0.693. The number of aromatic nitrogens is 1. The van der Waals surface area contributed by atoms with Gasteiger partial charge in [-0.15, -0.1) is 23.7 Å². The van der Waals surface area contributed by atoms with Crippen LogP contribution >= 0.6 is 35.3 Å². The van der Waals surface area contributed by atoms with Crippen LogP contribution in [0.15, 0.2) is 35.7 Å². The number of hydrogen-bond donors (Lipinski definition) is 2. The standard InChI is InChI=1S/C16H17ClN2S.ClH/c1-11-14(6-7-18-10-13-3-2-8-20-13)15-9-12(17)4-5-16(15)19-11;/h2-5,8-9,18-19H,6-7,10H2,1H3;1H. The van der Waals surface area contributed by atoms with Crippen LogP contribution in [0.5, 0.6) is 0 Å². The average molecular weight is 341 g/mol. The maximum atomic E-state index is 6.10. The van der Waals surface area contributed by atoms with E-state index in [0.29, 0.717) is 0 Å². The number of halogens is 2. The zero-order valence-electron chi connectivity index (χ0n) is 11.8. The van der Waals surface area contributed by atoms with E-state index in [1.165, 1.54) is 27.0 Å². The fourth-order valence-electron chi connectivity index (χ4n) is 2.51. The zero-order valence-corrected chi connectivity index (χ0v) is 14.2. The molecule has 2 nitrogen and oxygen atoms in total. The van der Waals surface area contributed by atoms with Crippen LogP contribution in [-0.2, 0) is 13.0 Å². The third-order valence-electron chi connectivity index (χ3n) is 3.51. The van der Waals surface area contributed by atoms with Gasteiger partial charge in [-0.1, -0.05) is 17.7 Å². The second-order valence-electron chi connectivity index (χ2n) is 4.92. The minimum atomic E-state index is 0. The molecule has 112 valence electrons. The van der Waals surface area contributed by atoms with Gasteiger partial charge in [-0.3, -0.25) is 0 Å². The normalized spacial score (nSPS) is 10.8. The van der Waals surface area contributed by atoms with E-state index < -0.39 is 0 Å². The Labute approximate surface area is 139 Å². The highest BCUT2D eigenvalue weighted by Crippen LogP contribution is 2.25. The van der Waals surface area contributed by atoms with Crippen molar-refractivity contribution in [2.45, 2.75) is 19.9 Å². The molecule has 0 bridgehead atoms. The Bertz CT molecular complexity index is 704. The molecule has 0 aliphatic heterocycles. The summed E-state index contributed by atoms with van der Waals surface area (Å²) in [5, 5.41) is 7.65. The van der Waals surface area contributed by atoms with Crippen molar-refractivity contribution in [1.82, 2.24) is 10.3 Å². The number of benzene rings is 1. The molecule has 3 rings (SSSR count). The Hall–Kier alpha value is -1.000. The van der Waals surface area contributed by atoms with Gasteiger partial charge in [0.25, 0.3) is 0 Å². The van der Waals surface area contributed by atoms with Gasteiger partial charge in [-0.05, 0) is 55.1 Å². The van der Waals surface area contributed by atoms with Crippen LogP contribution in [-0.4, -0.2) is 11.5 Å². The minimum absolute atomic E-state index is 0. The lowest BCUT2D eigenvalue weighted by atomic mass is 10.1. The lowest BCUT2D eigenvalue weighted by Gasteiger charge is -2.04. The summed E-state index contributed by atoms with van der Waals surface area (Å²) in [5.41, 5.74) is 3.77. The van der Waals surface area contributed by atoms with Crippen LogP contribution in [0.2, 0.25) is 5.02 Å². The molecule has 3 aromatic rings. The van der Waals surface area contributed by atoms with E-state index in [-0.39, 0.29) is 12.4 Å². The molecular formula is C16H18Cl2N2S. The quantitative estimate of drug-likeness (QED) is 0.632. The summed E-state index contributed by atoms with van der Waals surface area (Å²) in [4.78, 5) is 4.80. The molecule has 0 saturated carbocycles. The predicted molar refractivity (Wildman–Crippen MR) is 95.0 cm³/mol. The van der Waals surface area contributed by atoms with Crippen molar-refractivity contribution in [3.8, 4) is 0 Å². The molecule has 1 aromatic carbocycles. The molecule has 0 aliphatic carbocycles. The largest absolute Gasteiger partial charge is 0.358 e. The average Bonchev–Trinajstić information content (AvgIpc) is 3.03. The molecule has 0 atom stereocenters. The van der Waals surface area contributed by atoms with Crippen molar-refractivity contribution < 1.29 is 0 Å². The third-order valence-corrected chi connectivity index (χ3v) is 4.62. The van der Waals surface area contributed by atoms with Crippen molar-refractivity contribution in [1.29, 1.82) is 0 Å². The summed E-state index contributed by atoms with van der Waals surface area (Å²) in [6.07, 6.45) is 1.01. The van der Waals surface area contributed by atoms with Gasteiger partial charge in [0.05, 0.1) is 0 Å². The fraction of sp³-hybridized carbons (Fsp3) is 0.250. The highest BCUT2D eigenvalue weighted by atomic mass is 35.5. The van der Waals surface area contributed by atoms with E-state index in [1.807, 2.05) is 12.1 Å². The Kier molecular flexibility index (Phi) is 5.71. The SMILES string of the molecule is Cc1[nH]c2ccc(Cl)cc2c1CCNCc1cccs1.Cl. The molecule has 0 unspecified atom stereocenters. The number of thiophene rings is 1. The first-order valence-corrected chi connectivity index (χ1v) is 7.99. The minimum Gasteiger partial charge on any atom is -0.358 e. The summed E-state index contributed by atoms with van der Waals surface area (Å²) < 4.78 is 0. The summed E-state index contributed by atoms with van der Waals surface area (Å²) in [5.74, 6) is 0. The van der Waals surface area contributed by atoms with E-state index in [4.69, 9.17) is 11.6 Å². The molecule has 0 amide bonds. The second-order valence-corrected chi connectivity index (χ2v) is 6.39. The highest BCUT2D eigenvalue weighted by Gasteiger charge is 2.08. The molecule has 0 aliphatic rings. The monoisotopic (exact) mass is 340 g/mol. The number of H-pyrrole nitrogens is 1. The van der Waals surface area contributed by atoms with Crippen molar-refractivity contribution in [2.24, 2.45) is 0 Å². The van der Waals surface area contributed by atoms with Gasteiger partial charge in [-0.2, -0.15) is 0 Å². The second kappa shape index (κ2) is 7.32. The van der Waals surface area contributed by atoms with Crippen molar-refractivity contribution in [3.05, 3.63) is 56.9 Å². The topological polar surface area (TPSA) is 27.8 Å². The Morgan fingerprint density at radius 3 is 2.90 bits per heavy atom. The van der Waals surface area contributed by atoms with Crippen LogP contribution in [0.1, 0.15) is 16.1 Å². The summed E-state index contributed by atoms with van der Waals surface area (Å²) in [7, 11) is 0. The van der Waals surface area contributed by atoms with Crippen molar-refractivity contribution in [3.63, 3.8) is 0 Å². The van der Waals surface area contributed by atoms with Gasteiger partial charge in [0.15, 0.2) is 0 Å². The first-order valence-electron chi connectivity index (χ1n) is 6.74. The maximum absolute atomic E-state index is 6.10. The molecule has 2 N–H and O–H groups in total. The predicted octanol–water partition coefficient (Wildman–Crippen LogP) is 4.95. The number of aryl methyl sites for hydroxylation is 1. The van der Waals surface area contributed by atoms with E-state index in [9.17, 15) is 0 Å². The number of fused-ring (bicyclic) bond motifs is 1. The summed E-state index contributed by atoms with van der Waals surface area (Å²) in [6.45, 7) is 4.04. The van der Waals surface area contributed by atoms with Crippen molar-refractivity contribution >= 4 is 46.2 Å². The summed E-state index contributed by atoms with van der Waals surface area (Å²) >= 11 is 7.89. The first kappa shape index (κ1) is 16.4. The van der Waals surface area contributed by atoms with Gasteiger partial charge >= 0.3 is 0 Å². The molecule has 0 fully saturated rings. The third kappa shape index (κ3) is 3.80. The smallest absolute Gasteiger partial charge is 0.0459 e. The van der Waals surface area contributed by atoms with Crippen molar-refractivity contribution in [2.75, 3.05) is 6.54 Å². The highest BCUT2D eigenvalue weighted by molar-refractivity contribution is 7.09. The summed E-state index contributed by atoms with van der Waals surface area (Å²) in [6, 6.07) is 10.3. The van der Waals surface area contributed by atoms with E-state index in [1.54, 1.807) is 11.3 Å². The van der Waals surface area contributed by atoms with E-state index in [2.05, 4.69) is 40.8 Å². The van der Waals surface area contributed by atoms with Gasteiger partial charge < -0.3 is 10.3 Å². The number of nitrogens with one attached hydrogen (secondary N) is 2. The zero-order chi connectivity index (χ0) is 13.9. The van der Waals surface area contributed by atoms with E-state index in [0.717, 1.165) is 24.5 Å². The lowest BCUT2D eigenvalue weighted by Crippen LogP contribution is -2.16. The van der Waals surface area contributed by atoms with Gasteiger partial charge in [-0.25, -0.2) is 0 Å². The molecule has 0 spiro atoms. The Balaban J connectivity index is 0.00000161. The number of hydrogen-bond acceptors (Lipinski definition) is 2. The molecule has 2 heterocycles. The first-order chi connectivity index (χ1) is 9.74. The van der Waals surface area contributed by atoms with Gasteiger partial charge in [0.1, 0.15) is 0 Å². The molecule has 21 heavy (non-hydrogen) atoms.